The summed E-state index contributed by atoms with van der Waals surface area (Å²) in [5.41, 5.74) is -0.693. The van der Waals surface area contributed by atoms with Crippen molar-refractivity contribution in [1.29, 1.82) is 0 Å². The second-order valence-corrected chi connectivity index (χ2v) is 4.52. The molecule has 2 aromatic carbocycles. The molecule has 0 aliphatic heterocycles. The van der Waals surface area contributed by atoms with Crippen molar-refractivity contribution in [3.8, 4) is 11.5 Å². The van der Waals surface area contributed by atoms with Gasteiger partial charge >= 0.3 is 5.97 Å². The van der Waals surface area contributed by atoms with E-state index in [-0.39, 0.29) is 11.3 Å². The van der Waals surface area contributed by atoms with Crippen LogP contribution in [0.5, 0.6) is 11.5 Å². The Hall–Kier alpha value is -2.21. The van der Waals surface area contributed by atoms with Crippen LogP contribution in [0.2, 0.25) is 5.02 Å². The van der Waals surface area contributed by atoms with Crippen molar-refractivity contribution in [2.24, 2.45) is 0 Å². The highest BCUT2D eigenvalue weighted by Gasteiger charge is 2.23. The highest BCUT2D eigenvalue weighted by atomic mass is 35.5. The molecule has 7 heteroatoms. The van der Waals surface area contributed by atoms with Gasteiger partial charge in [-0.3, -0.25) is 0 Å². The number of carboxylic acid groups (broad SMARTS) is 1. The Morgan fingerprint density at radius 3 is 2.48 bits per heavy atom. The van der Waals surface area contributed by atoms with Gasteiger partial charge in [0.15, 0.2) is 17.4 Å². The summed E-state index contributed by atoms with van der Waals surface area (Å²) in [7, 11) is 0. The van der Waals surface area contributed by atoms with Crippen LogP contribution in [-0.2, 0) is 0 Å². The number of rotatable bonds is 3. The number of aromatic carboxylic acids is 1. The summed E-state index contributed by atoms with van der Waals surface area (Å²) in [6, 6.07) is 5.00. The van der Waals surface area contributed by atoms with Crippen molar-refractivity contribution in [2.75, 3.05) is 0 Å². The van der Waals surface area contributed by atoms with Crippen LogP contribution in [0.25, 0.3) is 0 Å². The smallest absolute Gasteiger partial charge is 0.335 e. The lowest BCUT2D eigenvalue weighted by Crippen LogP contribution is -2.01. The quantitative estimate of drug-likeness (QED) is 0.845. The van der Waals surface area contributed by atoms with Gasteiger partial charge in [-0.2, -0.15) is 4.39 Å². The summed E-state index contributed by atoms with van der Waals surface area (Å²) in [5, 5.41) is 8.12. The van der Waals surface area contributed by atoms with E-state index < -0.39 is 39.8 Å². The van der Waals surface area contributed by atoms with Crippen molar-refractivity contribution in [3.63, 3.8) is 0 Å². The Morgan fingerprint density at radius 2 is 1.86 bits per heavy atom. The molecule has 110 valence electrons. The van der Waals surface area contributed by atoms with E-state index in [1.807, 2.05) is 0 Å². The fourth-order valence-corrected chi connectivity index (χ4v) is 1.88. The summed E-state index contributed by atoms with van der Waals surface area (Å²) < 4.78 is 45.9. The van der Waals surface area contributed by atoms with Gasteiger partial charge in [0.2, 0.25) is 5.82 Å². The lowest BCUT2D eigenvalue weighted by atomic mass is 10.2. The molecule has 2 rings (SSSR count). The molecule has 0 aliphatic carbocycles. The zero-order valence-corrected chi connectivity index (χ0v) is 11.3. The molecule has 0 unspecified atom stereocenters. The molecule has 21 heavy (non-hydrogen) atoms. The average molecular weight is 317 g/mol. The molecule has 0 fully saturated rings. The Morgan fingerprint density at radius 1 is 1.19 bits per heavy atom. The Balaban J connectivity index is 2.50. The third kappa shape index (κ3) is 2.80. The summed E-state index contributed by atoms with van der Waals surface area (Å²) in [5.74, 6) is -6.17. The van der Waals surface area contributed by atoms with E-state index in [0.29, 0.717) is 0 Å². The zero-order chi connectivity index (χ0) is 15.7. The summed E-state index contributed by atoms with van der Waals surface area (Å²) in [6.07, 6.45) is 0. The number of benzene rings is 2. The Kier molecular flexibility index (Phi) is 4.09. The number of ether oxygens (including phenoxy) is 1. The van der Waals surface area contributed by atoms with Crippen molar-refractivity contribution in [2.45, 2.75) is 6.92 Å². The maximum absolute atomic E-state index is 13.8. The molecular formula is C14H8ClF3O3. The topological polar surface area (TPSA) is 46.5 Å². The minimum Gasteiger partial charge on any atom is -0.478 e. The van der Waals surface area contributed by atoms with E-state index in [1.54, 1.807) is 0 Å². The molecule has 0 saturated carbocycles. The van der Waals surface area contributed by atoms with Crippen LogP contribution in [0.4, 0.5) is 13.2 Å². The van der Waals surface area contributed by atoms with Gasteiger partial charge < -0.3 is 9.84 Å². The highest BCUT2D eigenvalue weighted by Crippen LogP contribution is 2.37. The van der Waals surface area contributed by atoms with Crippen LogP contribution in [0, 0.1) is 24.4 Å². The van der Waals surface area contributed by atoms with Crippen molar-refractivity contribution in [3.05, 3.63) is 57.9 Å². The lowest BCUT2D eigenvalue weighted by molar-refractivity contribution is 0.0696. The molecular weight excluding hydrogens is 309 g/mol. The van der Waals surface area contributed by atoms with Crippen LogP contribution in [-0.4, -0.2) is 11.1 Å². The molecule has 0 aliphatic rings. The predicted octanol–water partition coefficient (Wildman–Crippen LogP) is 4.56. The van der Waals surface area contributed by atoms with E-state index in [9.17, 15) is 18.0 Å². The number of halogens is 4. The van der Waals surface area contributed by atoms with Crippen LogP contribution in [0.15, 0.2) is 24.3 Å². The second kappa shape index (κ2) is 5.65. The minimum absolute atomic E-state index is 0.113. The zero-order valence-electron chi connectivity index (χ0n) is 10.6. The molecule has 2 aromatic rings. The minimum atomic E-state index is -1.44. The molecule has 0 atom stereocenters. The van der Waals surface area contributed by atoms with Gasteiger partial charge in [0.1, 0.15) is 10.8 Å². The van der Waals surface area contributed by atoms with Gasteiger partial charge in [-0.05, 0) is 25.1 Å². The Labute approximate surface area is 122 Å². The lowest BCUT2D eigenvalue weighted by Gasteiger charge is -2.12. The van der Waals surface area contributed by atoms with E-state index in [1.165, 1.54) is 18.2 Å². The van der Waals surface area contributed by atoms with Gasteiger partial charge in [0, 0.05) is 5.56 Å². The van der Waals surface area contributed by atoms with Crippen molar-refractivity contribution in [1.82, 2.24) is 0 Å². The summed E-state index contributed by atoms with van der Waals surface area (Å²) in [4.78, 5) is 10.8. The van der Waals surface area contributed by atoms with E-state index in [0.717, 1.165) is 13.0 Å². The van der Waals surface area contributed by atoms with Crippen molar-refractivity contribution < 1.29 is 27.8 Å². The SMILES string of the molecule is Cc1c(F)c(F)c(Oc2cccc(C(=O)O)c2)c(Cl)c1F. The number of carboxylic acids is 1. The van der Waals surface area contributed by atoms with E-state index >= 15 is 0 Å². The normalized spacial score (nSPS) is 10.5. The number of hydrogen-bond donors (Lipinski definition) is 1. The maximum Gasteiger partial charge on any atom is 0.335 e. The van der Waals surface area contributed by atoms with Crippen LogP contribution >= 0.6 is 11.6 Å². The molecule has 0 spiro atoms. The maximum atomic E-state index is 13.8. The highest BCUT2D eigenvalue weighted by molar-refractivity contribution is 6.32. The summed E-state index contributed by atoms with van der Waals surface area (Å²) >= 11 is 5.60. The first-order valence-electron chi connectivity index (χ1n) is 5.66. The molecule has 0 amide bonds. The van der Waals surface area contributed by atoms with E-state index in [2.05, 4.69) is 0 Å². The van der Waals surface area contributed by atoms with Crippen molar-refractivity contribution >= 4 is 17.6 Å². The third-order valence-corrected chi connectivity index (χ3v) is 3.08. The molecule has 0 aromatic heterocycles. The van der Waals surface area contributed by atoms with E-state index in [4.69, 9.17) is 21.4 Å². The van der Waals surface area contributed by atoms with Crippen LogP contribution in [0.1, 0.15) is 15.9 Å². The van der Waals surface area contributed by atoms with Crippen LogP contribution < -0.4 is 4.74 Å². The molecule has 0 radical (unpaired) electrons. The van der Waals surface area contributed by atoms with Gasteiger partial charge in [-0.25, -0.2) is 13.6 Å². The average Bonchev–Trinajstić information content (AvgIpc) is 2.48. The van der Waals surface area contributed by atoms with Gasteiger partial charge in [-0.1, -0.05) is 17.7 Å². The van der Waals surface area contributed by atoms with Gasteiger partial charge in [0.25, 0.3) is 0 Å². The third-order valence-electron chi connectivity index (χ3n) is 2.74. The fourth-order valence-electron chi connectivity index (χ4n) is 1.62. The molecule has 1 N–H and O–H groups in total. The number of hydrogen-bond acceptors (Lipinski definition) is 2. The second-order valence-electron chi connectivity index (χ2n) is 4.15. The molecule has 0 bridgehead atoms. The number of carbonyl (C=O) groups is 1. The standard InChI is InChI=1S/C14H8ClF3O3/c1-6-10(16)9(15)13(12(18)11(6)17)21-8-4-2-3-7(5-8)14(19)20/h2-5H,1H3,(H,19,20). The monoisotopic (exact) mass is 316 g/mol. The first kappa shape index (κ1) is 15.2. The molecule has 0 saturated heterocycles. The fraction of sp³-hybridized carbons (Fsp3) is 0.0714. The predicted molar refractivity (Wildman–Crippen MR) is 69.5 cm³/mol. The van der Waals surface area contributed by atoms with Gasteiger partial charge in [-0.15, -0.1) is 0 Å². The molecule has 0 heterocycles. The Bertz CT molecular complexity index is 703. The molecule has 3 nitrogen and oxygen atoms in total. The largest absolute Gasteiger partial charge is 0.478 e. The van der Waals surface area contributed by atoms with Crippen LogP contribution in [0.3, 0.4) is 0 Å². The first-order chi connectivity index (χ1) is 9.82. The first-order valence-corrected chi connectivity index (χ1v) is 6.04. The van der Waals surface area contributed by atoms with Gasteiger partial charge in [0.05, 0.1) is 5.56 Å². The summed E-state index contributed by atoms with van der Waals surface area (Å²) in [6.45, 7) is 1.04.